The third-order valence-electron chi connectivity index (χ3n) is 2.15. The second-order valence-electron chi connectivity index (χ2n) is 3.50. The molecule has 1 rings (SSSR count). The summed E-state index contributed by atoms with van der Waals surface area (Å²) in [5, 5.41) is 16.1. The van der Waals surface area contributed by atoms with Crippen LogP contribution < -0.4 is 5.73 Å². The summed E-state index contributed by atoms with van der Waals surface area (Å²) in [5.41, 5.74) is 5.91. The topological polar surface area (TPSA) is 70.1 Å². The molecule has 0 aliphatic rings. The molecule has 0 amide bonds. The second-order valence-corrected chi connectivity index (χ2v) is 4.92. The molecule has 0 heterocycles. The molecule has 0 bridgehead atoms. The van der Waals surface area contributed by atoms with E-state index in [1.807, 2.05) is 6.92 Å². The van der Waals surface area contributed by atoms with Crippen molar-refractivity contribution in [1.29, 1.82) is 5.41 Å². The Bertz CT molecular complexity index is 384. The normalized spacial score (nSPS) is 12.4. The smallest absolute Gasteiger partial charge is 0.138 e. The number of halogens is 1. The number of thioether (sulfide) groups is 1. The van der Waals surface area contributed by atoms with Crippen LogP contribution in [0.2, 0.25) is 0 Å². The first-order chi connectivity index (χ1) is 7.56. The van der Waals surface area contributed by atoms with Gasteiger partial charge in [-0.15, -0.1) is 0 Å². The molecule has 16 heavy (non-hydrogen) atoms. The summed E-state index contributed by atoms with van der Waals surface area (Å²) in [6, 6.07) is 4.83. The number of amidine groups is 1. The van der Waals surface area contributed by atoms with Crippen LogP contribution in [0.4, 0.5) is 4.39 Å². The molecule has 1 aromatic carbocycles. The van der Waals surface area contributed by atoms with Gasteiger partial charge in [0.1, 0.15) is 11.7 Å². The van der Waals surface area contributed by atoms with E-state index in [2.05, 4.69) is 0 Å². The predicted octanol–water partition coefficient (Wildman–Crippen LogP) is 1.72. The van der Waals surface area contributed by atoms with Gasteiger partial charge in [0.25, 0.3) is 0 Å². The summed E-state index contributed by atoms with van der Waals surface area (Å²) in [5.74, 6) is -0.235. The van der Waals surface area contributed by atoms with Crippen molar-refractivity contribution in [3.63, 3.8) is 0 Å². The van der Waals surface area contributed by atoms with E-state index in [1.165, 1.54) is 17.8 Å². The maximum absolute atomic E-state index is 13.8. The summed E-state index contributed by atoms with van der Waals surface area (Å²) >= 11 is 1.46. The molecular weight excluding hydrogens is 227 g/mol. The largest absolute Gasteiger partial charge is 0.395 e. The number of nitrogen functional groups attached to an aromatic ring is 1. The van der Waals surface area contributed by atoms with Crippen LogP contribution in [0, 0.1) is 11.2 Å². The van der Waals surface area contributed by atoms with Crippen LogP contribution in [0.1, 0.15) is 18.1 Å². The van der Waals surface area contributed by atoms with E-state index in [4.69, 9.17) is 16.2 Å². The van der Waals surface area contributed by atoms with E-state index in [1.54, 1.807) is 12.1 Å². The van der Waals surface area contributed by atoms with Crippen LogP contribution in [-0.2, 0) is 5.75 Å². The number of nitrogens with one attached hydrogen (secondary N) is 1. The zero-order valence-electron chi connectivity index (χ0n) is 9.03. The van der Waals surface area contributed by atoms with E-state index in [0.717, 1.165) is 0 Å². The Balaban J connectivity index is 2.81. The molecule has 88 valence electrons. The quantitative estimate of drug-likeness (QED) is 0.544. The van der Waals surface area contributed by atoms with Gasteiger partial charge in [-0.05, 0) is 11.6 Å². The minimum Gasteiger partial charge on any atom is -0.395 e. The van der Waals surface area contributed by atoms with Gasteiger partial charge in [-0.1, -0.05) is 19.1 Å². The molecule has 0 aliphatic carbocycles. The first-order valence-corrected chi connectivity index (χ1v) is 5.95. The van der Waals surface area contributed by atoms with Crippen molar-refractivity contribution < 1.29 is 9.50 Å². The van der Waals surface area contributed by atoms with Gasteiger partial charge in [0.15, 0.2) is 0 Å². The average molecular weight is 242 g/mol. The molecule has 0 saturated heterocycles. The minimum absolute atomic E-state index is 0.0681. The molecule has 0 fully saturated rings. The summed E-state index contributed by atoms with van der Waals surface area (Å²) in [4.78, 5) is 0. The van der Waals surface area contributed by atoms with Gasteiger partial charge in [0.2, 0.25) is 0 Å². The third-order valence-corrected chi connectivity index (χ3v) is 3.35. The lowest BCUT2D eigenvalue weighted by molar-refractivity contribution is 0.300. The number of hydrogen-bond acceptors (Lipinski definition) is 3. The van der Waals surface area contributed by atoms with Gasteiger partial charge in [-0.3, -0.25) is 5.41 Å². The van der Waals surface area contributed by atoms with Gasteiger partial charge in [0.05, 0.1) is 12.2 Å². The third kappa shape index (κ3) is 3.21. The Hall–Kier alpha value is -1.07. The zero-order chi connectivity index (χ0) is 12.1. The maximum atomic E-state index is 13.8. The summed E-state index contributed by atoms with van der Waals surface area (Å²) in [6.45, 7) is 1.94. The molecule has 0 radical (unpaired) electrons. The molecule has 4 N–H and O–H groups in total. The second kappa shape index (κ2) is 5.86. The zero-order valence-corrected chi connectivity index (χ0v) is 9.85. The average Bonchev–Trinajstić information content (AvgIpc) is 2.26. The van der Waals surface area contributed by atoms with E-state index >= 15 is 0 Å². The molecule has 0 saturated carbocycles. The highest BCUT2D eigenvalue weighted by atomic mass is 32.2. The predicted molar refractivity (Wildman–Crippen MR) is 65.3 cm³/mol. The maximum Gasteiger partial charge on any atom is 0.138 e. The number of rotatable bonds is 5. The first-order valence-electron chi connectivity index (χ1n) is 4.90. The first kappa shape index (κ1) is 13.0. The van der Waals surface area contributed by atoms with Crippen LogP contribution in [0.25, 0.3) is 0 Å². The molecule has 0 aliphatic heterocycles. The van der Waals surface area contributed by atoms with E-state index in [-0.39, 0.29) is 23.3 Å². The van der Waals surface area contributed by atoms with Gasteiger partial charge >= 0.3 is 0 Å². The SMILES string of the molecule is CC(CO)SCc1cccc(C(=N)N)c1F. The molecule has 1 atom stereocenters. The van der Waals surface area contributed by atoms with Crippen LogP contribution in [0.5, 0.6) is 0 Å². The van der Waals surface area contributed by atoms with Gasteiger partial charge in [0, 0.05) is 11.0 Å². The number of benzene rings is 1. The fraction of sp³-hybridized carbons (Fsp3) is 0.364. The lowest BCUT2D eigenvalue weighted by Gasteiger charge is -2.10. The molecular formula is C11H15FN2OS. The highest BCUT2D eigenvalue weighted by Crippen LogP contribution is 2.21. The molecule has 3 nitrogen and oxygen atoms in total. The molecule has 0 aromatic heterocycles. The lowest BCUT2D eigenvalue weighted by Crippen LogP contribution is -2.14. The van der Waals surface area contributed by atoms with Crippen LogP contribution in [-0.4, -0.2) is 22.8 Å². The fourth-order valence-electron chi connectivity index (χ4n) is 1.18. The Kier molecular flexibility index (Phi) is 4.76. The Labute approximate surface area is 98.4 Å². The molecule has 1 unspecified atom stereocenters. The van der Waals surface area contributed by atoms with Crippen LogP contribution in [0.15, 0.2) is 18.2 Å². The Morgan fingerprint density at radius 1 is 1.62 bits per heavy atom. The standard InChI is InChI=1S/C11H15FN2OS/c1-7(5-15)16-6-8-3-2-4-9(10(8)12)11(13)14/h2-4,7,15H,5-6H2,1H3,(H3,13,14). The van der Waals surface area contributed by atoms with Crippen molar-refractivity contribution >= 4 is 17.6 Å². The van der Waals surface area contributed by atoms with Crippen molar-refractivity contribution in [2.45, 2.75) is 17.9 Å². The van der Waals surface area contributed by atoms with Crippen molar-refractivity contribution in [2.75, 3.05) is 6.61 Å². The minimum atomic E-state index is -0.437. The van der Waals surface area contributed by atoms with E-state index in [0.29, 0.717) is 11.3 Å². The number of aliphatic hydroxyl groups is 1. The van der Waals surface area contributed by atoms with E-state index < -0.39 is 5.82 Å². The molecule has 5 heteroatoms. The Morgan fingerprint density at radius 2 is 2.31 bits per heavy atom. The molecule has 0 spiro atoms. The van der Waals surface area contributed by atoms with Gasteiger partial charge in [-0.2, -0.15) is 11.8 Å². The fourth-order valence-corrected chi connectivity index (χ4v) is 1.98. The van der Waals surface area contributed by atoms with Gasteiger partial charge < -0.3 is 10.8 Å². The number of hydrogen-bond donors (Lipinski definition) is 3. The van der Waals surface area contributed by atoms with Crippen molar-refractivity contribution in [2.24, 2.45) is 5.73 Å². The van der Waals surface area contributed by atoms with Crippen molar-refractivity contribution in [1.82, 2.24) is 0 Å². The highest BCUT2D eigenvalue weighted by molar-refractivity contribution is 7.99. The highest BCUT2D eigenvalue weighted by Gasteiger charge is 2.11. The summed E-state index contributed by atoms with van der Waals surface area (Å²) in [7, 11) is 0. The van der Waals surface area contributed by atoms with Gasteiger partial charge in [-0.25, -0.2) is 4.39 Å². The molecule has 1 aromatic rings. The number of nitrogens with two attached hydrogens (primary N) is 1. The van der Waals surface area contributed by atoms with Crippen molar-refractivity contribution in [3.05, 3.63) is 35.1 Å². The summed E-state index contributed by atoms with van der Waals surface area (Å²) in [6.07, 6.45) is 0. The monoisotopic (exact) mass is 242 g/mol. The Morgan fingerprint density at radius 3 is 2.88 bits per heavy atom. The van der Waals surface area contributed by atoms with Crippen molar-refractivity contribution in [3.8, 4) is 0 Å². The number of aliphatic hydroxyl groups excluding tert-OH is 1. The summed E-state index contributed by atoms with van der Waals surface area (Å²) < 4.78 is 13.8. The van der Waals surface area contributed by atoms with Crippen LogP contribution in [0.3, 0.4) is 0 Å². The van der Waals surface area contributed by atoms with Crippen LogP contribution >= 0.6 is 11.8 Å². The lowest BCUT2D eigenvalue weighted by atomic mass is 10.1. The van der Waals surface area contributed by atoms with E-state index in [9.17, 15) is 4.39 Å².